The molecule has 1 aromatic carbocycles. The van der Waals surface area contributed by atoms with Crippen molar-refractivity contribution < 1.29 is 0 Å². The standard InChI is InChI=1S/C13H16.C9H18N2.C4H8.C2H6/c1-5-11(4)13-8-6-7-12(9-13)10(2)3;1-7(2)11-9-5-3-8(10)4-6-9;1-4(2)3;1-2/h5-9H,2H2,1,3-4H3;8-9,11H,1,3-6,10H2,2H3;1H2,2-3H3;1-2H3/b11-5+;;;. The van der Waals surface area contributed by atoms with Gasteiger partial charge in [-0.2, -0.15) is 0 Å². The highest BCUT2D eigenvalue weighted by Gasteiger charge is 2.17. The molecule has 2 nitrogen and oxygen atoms in total. The number of hydrogen-bond donors (Lipinski definition) is 2. The molecule has 30 heavy (non-hydrogen) atoms. The second-order valence-electron chi connectivity index (χ2n) is 8.08. The van der Waals surface area contributed by atoms with Crippen molar-refractivity contribution in [1.82, 2.24) is 5.32 Å². The Bertz CT molecular complexity index is 655. The zero-order chi connectivity index (χ0) is 23.7. The van der Waals surface area contributed by atoms with Crippen LogP contribution in [0.15, 0.2) is 61.3 Å². The van der Waals surface area contributed by atoms with E-state index < -0.39 is 0 Å². The molecule has 0 amide bonds. The molecule has 0 heterocycles. The number of allylic oxidation sites excluding steroid dienone is 5. The van der Waals surface area contributed by atoms with E-state index in [1.165, 1.54) is 35.1 Å². The Balaban J connectivity index is 0. The van der Waals surface area contributed by atoms with Crippen LogP contribution >= 0.6 is 0 Å². The van der Waals surface area contributed by atoms with Crippen molar-refractivity contribution in [2.24, 2.45) is 5.73 Å². The number of hydrogen-bond acceptors (Lipinski definition) is 2. The monoisotopic (exact) mass is 412 g/mol. The molecule has 1 aromatic rings. The summed E-state index contributed by atoms with van der Waals surface area (Å²) in [5.41, 5.74) is 12.9. The van der Waals surface area contributed by atoms with Gasteiger partial charge in [0.05, 0.1) is 0 Å². The summed E-state index contributed by atoms with van der Waals surface area (Å²) in [5, 5.41) is 3.35. The summed E-state index contributed by atoms with van der Waals surface area (Å²) in [5.74, 6) is 0. The predicted molar refractivity (Wildman–Crippen MR) is 140 cm³/mol. The van der Waals surface area contributed by atoms with E-state index in [2.05, 4.69) is 69.2 Å². The highest BCUT2D eigenvalue weighted by atomic mass is 14.9. The molecular weight excluding hydrogens is 364 g/mol. The third-order valence-electron chi connectivity index (χ3n) is 4.47. The van der Waals surface area contributed by atoms with Crippen molar-refractivity contribution in [3.05, 3.63) is 72.5 Å². The molecule has 0 bridgehead atoms. The zero-order valence-electron chi connectivity index (χ0n) is 21.1. The molecule has 0 aromatic heterocycles. The summed E-state index contributed by atoms with van der Waals surface area (Å²) in [4.78, 5) is 0. The third-order valence-corrected chi connectivity index (χ3v) is 4.47. The Morgan fingerprint density at radius 1 is 0.933 bits per heavy atom. The van der Waals surface area contributed by atoms with Crippen LogP contribution in [-0.4, -0.2) is 12.1 Å². The van der Waals surface area contributed by atoms with Gasteiger partial charge in [-0.25, -0.2) is 0 Å². The van der Waals surface area contributed by atoms with Crippen LogP contribution in [0.2, 0.25) is 0 Å². The molecule has 1 aliphatic carbocycles. The first kappa shape index (κ1) is 30.1. The summed E-state index contributed by atoms with van der Waals surface area (Å²) >= 11 is 0. The lowest BCUT2D eigenvalue weighted by atomic mass is 9.92. The summed E-state index contributed by atoms with van der Waals surface area (Å²) in [7, 11) is 0. The number of rotatable bonds is 4. The van der Waals surface area contributed by atoms with Crippen LogP contribution in [-0.2, 0) is 0 Å². The minimum Gasteiger partial charge on any atom is -0.386 e. The molecular formula is C28H48N2. The van der Waals surface area contributed by atoms with E-state index in [-0.39, 0.29) is 0 Å². The largest absolute Gasteiger partial charge is 0.386 e. The quantitative estimate of drug-likeness (QED) is 0.490. The van der Waals surface area contributed by atoms with Crippen molar-refractivity contribution in [3.8, 4) is 0 Å². The molecule has 170 valence electrons. The van der Waals surface area contributed by atoms with Gasteiger partial charge in [0.2, 0.25) is 0 Å². The van der Waals surface area contributed by atoms with Crippen LogP contribution < -0.4 is 11.1 Å². The third kappa shape index (κ3) is 15.8. The van der Waals surface area contributed by atoms with Gasteiger partial charge in [0, 0.05) is 17.8 Å². The maximum atomic E-state index is 5.78. The molecule has 0 atom stereocenters. The van der Waals surface area contributed by atoms with Crippen LogP contribution in [0, 0.1) is 0 Å². The lowest BCUT2D eigenvalue weighted by Gasteiger charge is -2.27. The maximum absolute atomic E-state index is 5.78. The van der Waals surface area contributed by atoms with Gasteiger partial charge in [-0.15, -0.1) is 6.58 Å². The van der Waals surface area contributed by atoms with Gasteiger partial charge in [-0.3, -0.25) is 0 Å². The van der Waals surface area contributed by atoms with E-state index in [4.69, 9.17) is 5.73 Å². The van der Waals surface area contributed by atoms with Crippen molar-refractivity contribution in [1.29, 1.82) is 0 Å². The lowest BCUT2D eigenvalue weighted by Crippen LogP contribution is -2.36. The summed E-state index contributed by atoms with van der Waals surface area (Å²) in [6.45, 7) is 27.5. The molecule has 0 aliphatic heterocycles. The van der Waals surface area contributed by atoms with Gasteiger partial charge in [0.15, 0.2) is 0 Å². The van der Waals surface area contributed by atoms with Crippen molar-refractivity contribution in [2.75, 3.05) is 0 Å². The van der Waals surface area contributed by atoms with E-state index in [1.54, 1.807) is 0 Å². The highest BCUT2D eigenvalue weighted by Crippen LogP contribution is 2.19. The lowest BCUT2D eigenvalue weighted by molar-refractivity contribution is 0.361. The molecule has 2 rings (SSSR count). The Kier molecular flexibility index (Phi) is 17.8. The normalized spacial score (nSPS) is 17.6. The van der Waals surface area contributed by atoms with E-state index in [0.717, 1.165) is 24.1 Å². The maximum Gasteiger partial charge on any atom is 0.0259 e. The van der Waals surface area contributed by atoms with Gasteiger partial charge in [0.25, 0.3) is 0 Å². The predicted octanol–water partition coefficient (Wildman–Crippen LogP) is 8.13. The van der Waals surface area contributed by atoms with Gasteiger partial charge in [-0.05, 0) is 90.0 Å². The molecule has 0 radical (unpaired) electrons. The Hall–Kier alpha value is -2.06. The molecule has 1 fully saturated rings. The fourth-order valence-corrected chi connectivity index (χ4v) is 2.81. The molecule has 1 aliphatic rings. The Morgan fingerprint density at radius 3 is 1.80 bits per heavy atom. The first-order valence-electron chi connectivity index (χ1n) is 11.3. The van der Waals surface area contributed by atoms with E-state index in [1.807, 2.05) is 41.5 Å². The topological polar surface area (TPSA) is 38.0 Å². The molecule has 0 spiro atoms. The van der Waals surface area contributed by atoms with Crippen molar-refractivity contribution in [2.45, 2.75) is 93.2 Å². The molecule has 2 heteroatoms. The van der Waals surface area contributed by atoms with Gasteiger partial charge >= 0.3 is 0 Å². The summed E-state index contributed by atoms with van der Waals surface area (Å²) < 4.78 is 0. The smallest absolute Gasteiger partial charge is 0.0259 e. The average molecular weight is 413 g/mol. The van der Waals surface area contributed by atoms with Gasteiger partial charge in [-0.1, -0.05) is 62.4 Å². The van der Waals surface area contributed by atoms with Crippen LogP contribution in [0.1, 0.15) is 92.2 Å². The fraction of sp³-hybridized carbons (Fsp3) is 0.500. The molecule has 0 saturated heterocycles. The number of nitrogens with two attached hydrogens (primary N) is 1. The fourth-order valence-electron chi connectivity index (χ4n) is 2.81. The Labute approximate surface area is 188 Å². The minimum absolute atomic E-state index is 0.443. The summed E-state index contributed by atoms with van der Waals surface area (Å²) in [6.07, 6.45) is 6.84. The van der Waals surface area contributed by atoms with Crippen LogP contribution in [0.5, 0.6) is 0 Å². The van der Waals surface area contributed by atoms with Gasteiger partial charge in [0.1, 0.15) is 0 Å². The Morgan fingerprint density at radius 2 is 1.40 bits per heavy atom. The second kappa shape index (κ2) is 17.8. The van der Waals surface area contributed by atoms with E-state index >= 15 is 0 Å². The highest BCUT2D eigenvalue weighted by molar-refractivity contribution is 5.69. The minimum atomic E-state index is 0.443. The average Bonchev–Trinajstić information content (AvgIpc) is 2.70. The van der Waals surface area contributed by atoms with Crippen LogP contribution in [0.3, 0.4) is 0 Å². The van der Waals surface area contributed by atoms with E-state index in [9.17, 15) is 0 Å². The SMILES string of the molecule is C=C(C)C.C=C(C)NC1CCC(N)CC1.C=C(C)c1cccc(/C(C)=C/C)c1.CC. The molecule has 0 unspecified atom stereocenters. The number of nitrogens with one attached hydrogen (secondary N) is 1. The van der Waals surface area contributed by atoms with Crippen LogP contribution in [0.25, 0.3) is 11.1 Å². The zero-order valence-corrected chi connectivity index (χ0v) is 21.1. The van der Waals surface area contributed by atoms with Crippen molar-refractivity contribution in [3.63, 3.8) is 0 Å². The van der Waals surface area contributed by atoms with Crippen molar-refractivity contribution >= 4 is 11.1 Å². The molecule has 1 saturated carbocycles. The molecule has 3 N–H and O–H groups in total. The first-order chi connectivity index (χ1) is 14.1. The van der Waals surface area contributed by atoms with Crippen LogP contribution in [0.4, 0.5) is 0 Å². The summed E-state index contributed by atoms with van der Waals surface area (Å²) in [6, 6.07) is 9.55. The van der Waals surface area contributed by atoms with Gasteiger partial charge < -0.3 is 11.1 Å². The second-order valence-corrected chi connectivity index (χ2v) is 8.08. The first-order valence-corrected chi connectivity index (χ1v) is 11.3. The number of benzene rings is 1. The van der Waals surface area contributed by atoms with E-state index in [0.29, 0.717) is 12.1 Å².